The van der Waals surface area contributed by atoms with Crippen molar-refractivity contribution in [2.75, 3.05) is 14.2 Å². The van der Waals surface area contributed by atoms with Crippen LogP contribution in [-0.4, -0.2) is 44.2 Å². The Hall–Kier alpha value is -0.940. The molecule has 1 fully saturated rings. The van der Waals surface area contributed by atoms with Crippen LogP contribution in [0.2, 0.25) is 0 Å². The van der Waals surface area contributed by atoms with E-state index in [0.29, 0.717) is 12.8 Å². The summed E-state index contributed by atoms with van der Waals surface area (Å²) in [6.45, 7) is 1.45. The molecule has 3 atom stereocenters. The highest BCUT2D eigenvalue weighted by atomic mass is 16.5. The Balaban J connectivity index is 2.72. The highest BCUT2D eigenvalue weighted by Crippen LogP contribution is 2.21. The van der Waals surface area contributed by atoms with Crippen molar-refractivity contribution in [3.63, 3.8) is 0 Å². The van der Waals surface area contributed by atoms with Gasteiger partial charge < -0.3 is 14.8 Å². The molecule has 0 radical (unpaired) electrons. The third-order valence-electron chi connectivity index (χ3n) is 2.63. The number of rotatable bonds is 3. The summed E-state index contributed by atoms with van der Waals surface area (Å²) >= 11 is 0. The van der Waals surface area contributed by atoms with Gasteiger partial charge in [-0.3, -0.25) is 9.59 Å². The van der Waals surface area contributed by atoms with Crippen LogP contribution in [0.4, 0.5) is 0 Å². The molecule has 0 heterocycles. The fourth-order valence-corrected chi connectivity index (χ4v) is 1.97. The molecule has 3 unspecified atom stereocenters. The summed E-state index contributed by atoms with van der Waals surface area (Å²) in [5, 5.41) is 2.77. The highest BCUT2D eigenvalue weighted by molar-refractivity contribution is 5.85. The zero-order chi connectivity index (χ0) is 11.4. The van der Waals surface area contributed by atoms with E-state index in [1.54, 1.807) is 0 Å². The highest BCUT2D eigenvalue weighted by Gasteiger charge is 2.39. The minimum atomic E-state index is -0.569. The maximum atomic E-state index is 11.5. The molecule has 0 saturated heterocycles. The molecule has 0 aliphatic heterocycles. The van der Waals surface area contributed by atoms with E-state index in [1.807, 2.05) is 0 Å². The molecular formula is C10H17NO4. The second kappa shape index (κ2) is 5.23. The van der Waals surface area contributed by atoms with E-state index in [-0.39, 0.29) is 23.8 Å². The Bertz CT molecular complexity index is 254. The van der Waals surface area contributed by atoms with Crippen LogP contribution >= 0.6 is 0 Å². The van der Waals surface area contributed by atoms with Crippen LogP contribution in [0, 0.1) is 0 Å². The average Bonchev–Trinajstić information content (AvgIpc) is 2.19. The first-order valence-corrected chi connectivity index (χ1v) is 4.95. The van der Waals surface area contributed by atoms with Gasteiger partial charge in [0.25, 0.3) is 0 Å². The lowest BCUT2D eigenvalue weighted by Gasteiger charge is -2.35. The molecule has 1 rings (SSSR count). The zero-order valence-electron chi connectivity index (χ0n) is 9.28. The first kappa shape index (κ1) is 12.1. The minimum Gasteiger partial charge on any atom is -0.376 e. The van der Waals surface area contributed by atoms with Crippen molar-refractivity contribution in [1.29, 1.82) is 0 Å². The van der Waals surface area contributed by atoms with Gasteiger partial charge in [-0.15, -0.1) is 0 Å². The topological polar surface area (TPSA) is 64.6 Å². The summed E-state index contributed by atoms with van der Waals surface area (Å²) in [7, 11) is 2.99. The maximum Gasteiger partial charge on any atom is 0.217 e. The molecule has 5 nitrogen and oxygen atoms in total. The molecule has 0 bridgehead atoms. The van der Waals surface area contributed by atoms with Gasteiger partial charge in [0.15, 0.2) is 5.78 Å². The summed E-state index contributed by atoms with van der Waals surface area (Å²) in [5.41, 5.74) is 0. The molecular weight excluding hydrogens is 198 g/mol. The van der Waals surface area contributed by atoms with Gasteiger partial charge in [-0.25, -0.2) is 0 Å². The molecule has 5 heteroatoms. The van der Waals surface area contributed by atoms with Gasteiger partial charge in [-0.2, -0.15) is 0 Å². The van der Waals surface area contributed by atoms with E-state index in [0.717, 1.165) is 0 Å². The number of ether oxygens (including phenoxy) is 2. The average molecular weight is 215 g/mol. The quantitative estimate of drug-likeness (QED) is 0.713. The summed E-state index contributed by atoms with van der Waals surface area (Å²) in [6.07, 6.45) is 0.0702. The van der Waals surface area contributed by atoms with Gasteiger partial charge in [0.2, 0.25) is 5.91 Å². The summed E-state index contributed by atoms with van der Waals surface area (Å²) in [6, 6.07) is -0.143. The monoisotopic (exact) mass is 215 g/mol. The van der Waals surface area contributed by atoms with Crippen LogP contribution < -0.4 is 5.32 Å². The van der Waals surface area contributed by atoms with Crippen LogP contribution in [0.15, 0.2) is 0 Å². The third-order valence-corrected chi connectivity index (χ3v) is 2.63. The Morgan fingerprint density at radius 3 is 2.53 bits per heavy atom. The molecule has 1 aliphatic rings. The van der Waals surface area contributed by atoms with Crippen LogP contribution in [0.3, 0.4) is 0 Å². The minimum absolute atomic E-state index is 0.0333. The Kier molecular flexibility index (Phi) is 4.23. The molecule has 1 saturated carbocycles. The zero-order valence-corrected chi connectivity index (χ0v) is 9.28. The lowest BCUT2D eigenvalue weighted by atomic mass is 9.88. The Morgan fingerprint density at radius 2 is 2.07 bits per heavy atom. The first-order valence-electron chi connectivity index (χ1n) is 4.95. The van der Waals surface area contributed by atoms with Crippen molar-refractivity contribution in [3.05, 3.63) is 0 Å². The van der Waals surface area contributed by atoms with Gasteiger partial charge in [0.05, 0.1) is 6.04 Å². The van der Waals surface area contributed by atoms with E-state index >= 15 is 0 Å². The number of methoxy groups -OCH3 is 2. The van der Waals surface area contributed by atoms with Crippen molar-refractivity contribution in [1.82, 2.24) is 5.32 Å². The smallest absolute Gasteiger partial charge is 0.217 e. The number of ketones is 1. The van der Waals surface area contributed by atoms with E-state index < -0.39 is 6.10 Å². The van der Waals surface area contributed by atoms with Crippen molar-refractivity contribution < 1.29 is 19.1 Å². The number of hydrogen-bond donors (Lipinski definition) is 1. The van der Waals surface area contributed by atoms with E-state index in [2.05, 4.69) is 5.32 Å². The summed E-state index contributed by atoms with van der Waals surface area (Å²) < 4.78 is 10.3. The van der Waals surface area contributed by atoms with Crippen molar-refractivity contribution in [2.45, 2.75) is 38.0 Å². The molecule has 1 aliphatic carbocycles. The third kappa shape index (κ3) is 2.76. The van der Waals surface area contributed by atoms with Crippen LogP contribution in [0.5, 0.6) is 0 Å². The lowest BCUT2D eigenvalue weighted by molar-refractivity contribution is -0.146. The molecule has 15 heavy (non-hydrogen) atoms. The predicted octanol–water partition coefficient (Wildman–Crippen LogP) is -0.116. The second-order valence-corrected chi connectivity index (χ2v) is 3.67. The number of nitrogens with one attached hydrogen (secondary N) is 1. The largest absolute Gasteiger partial charge is 0.376 e. The molecule has 0 spiro atoms. The van der Waals surface area contributed by atoms with Gasteiger partial charge >= 0.3 is 0 Å². The van der Waals surface area contributed by atoms with Crippen LogP contribution in [0.25, 0.3) is 0 Å². The first-order chi connectivity index (χ1) is 7.10. The van der Waals surface area contributed by atoms with Gasteiger partial charge in [-0.05, 0) is 6.42 Å². The fraction of sp³-hybridized carbons (Fsp3) is 0.800. The maximum absolute atomic E-state index is 11.5. The normalized spacial score (nSPS) is 31.4. The Morgan fingerprint density at radius 1 is 1.40 bits per heavy atom. The molecule has 1 amide bonds. The van der Waals surface area contributed by atoms with Crippen molar-refractivity contribution in [2.24, 2.45) is 0 Å². The lowest BCUT2D eigenvalue weighted by Crippen LogP contribution is -2.55. The molecule has 0 aromatic rings. The fourth-order valence-electron chi connectivity index (χ4n) is 1.97. The number of carbonyl (C=O) groups is 2. The summed E-state index contributed by atoms with van der Waals surface area (Å²) in [4.78, 5) is 22.5. The number of amides is 1. The second-order valence-electron chi connectivity index (χ2n) is 3.67. The molecule has 1 N–H and O–H groups in total. The van der Waals surface area contributed by atoms with E-state index in [9.17, 15) is 9.59 Å². The van der Waals surface area contributed by atoms with Gasteiger partial charge in [0, 0.05) is 27.6 Å². The van der Waals surface area contributed by atoms with Crippen molar-refractivity contribution in [3.8, 4) is 0 Å². The SMILES string of the molecule is COC1C(=O)CCC(NC(C)=O)C1OC. The van der Waals surface area contributed by atoms with Crippen LogP contribution in [-0.2, 0) is 19.1 Å². The molecule has 0 aromatic heterocycles. The Labute approximate surface area is 89.1 Å². The number of Topliss-reactive ketones (excluding diaryl/α,β-unsaturated/α-hetero) is 1. The van der Waals surface area contributed by atoms with E-state index in [1.165, 1.54) is 21.1 Å². The number of carbonyl (C=O) groups excluding carboxylic acids is 2. The standard InChI is InChI=1S/C10H17NO4/c1-6(12)11-7-4-5-8(13)10(15-3)9(7)14-2/h7,9-10H,4-5H2,1-3H3,(H,11,12). The molecule has 0 aromatic carbocycles. The van der Waals surface area contributed by atoms with Gasteiger partial charge in [0.1, 0.15) is 12.2 Å². The van der Waals surface area contributed by atoms with E-state index in [4.69, 9.17) is 9.47 Å². The summed E-state index contributed by atoms with van der Waals surface area (Å²) in [5.74, 6) is -0.0859. The van der Waals surface area contributed by atoms with Gasteiger partial charge in [-0.1, -0.05) is 0 Å². The van der Waals surface area contributed by atoms with Crippen LogP contribution in [0.1, 0.15) is 19.8 Å². The van der Waals surface area contributed by atoms with Crippen molar-refractivity contribution >= 4 is 11.7 Å². The number of hydrogen-bond acceptors (Lipinski definition) is 4. The molecule has 86 valence electrons. The predicted molar refractivity (Wildman–Crippen MR) is 53.4 cm³/mol.